The van der Waals surface area contributed by atoms with Crippen LogP contribution < -0.4 is 10.2 Å². The van der Waals surface area contributed by atoms with Crippen LogP contribution in [0.2, 0.25) is 0 Å². The highest BCUT2D eigenvalue weighted by Gasteiger charge is 2.16. The van der Waals surface area contributed by atoms with Crippen molar-refractivity contribution in [2.45, 2.75) is 19.8 Å². The van der Waals surface area contributed by atoms with E-state index in [4.69, 9.17) is 5.11 Å². The largest absolute Gasteiger partial charge is 0.395 e. The van der Waals surface area contributed by atoms with Gasteiger partial charge in [-0.1, -0.05) is 0 Å². The molecule has 1 aliphatic rings. The molecule has 0 unspecified atom stereocenters. The average Bonchev–Trinajstić information content (AvgIpc) is 2.53. The number of benzene rings is 1. The highest BCUT2D eigenvalue weighted by Crippen LogP contribution is 2.20. The summed E-state index contributed by atoms with van der Waals surface area (Å²) < 4.78 is 0. The molecule has 1 aromatic rings. The van der Waals surface area contributed by atoms with Crippen molar-refractivity contribution in [1.29, 1.82) is 0 Å². The van der Waals surface area contributed by atoms with E-state index < -0.39 is 0 Å². The van der Waals surface area contributed by atoms with Crippen molar-refractivity contribution >= 4 is 11.4 Å². The zero-order valence-electron chi connectivity index (χ0n) is 13.4. The van der Waals surface area contributed by atoms with Gasteiger partial charge in [0, 0.05) is 31.0 Å². The maximum atomic E-state index is 9.07. The van der Waals surface area contributed by atoms with Gasteiger partial charge in [-0.3, -0.25) is 0 Å². The van der Waals surface area contributed by atoms with Crippen LogP contribution in [-0.2, 0) is 0 Å². The minimum atomic E-state index is 0.198. The summed E-state index contributed by atoms with van der Waals surface area (Å²) in [5.41, 5.74) is 2.37. The lowest BCUT2D eigenvalue weighted by Crippen LogP contribution is -2.32. The fraction of sp³-hybridized carbons (Fsp3) is 0.647. The van der Waals surface area contributed by atoms with Gasteiger partial charge in [0.25, 0.3) is 0 Å². The number of likely N-dealkylation sites (tertiary alicyclic amines) is 1. The molecule has 0 saturated carbocycles. The Kier molecular flexibility index (Phi) is 6.33. The Morgan fingerprint density at radius 2 is 1.90 bits per heavy atom. The first-order chi connectivity index (χ1) is 10.2. The van der Waals surface area contributed by atoms with Crippen LogP contribution in [0.15, 0.2) is 24.3 Å². The van der Waals surface area contributed by atoms with Gasteiger partial charge in [-0.15, -0.1) is 0 Å². The molecule has 21 heavy (non-hydrogen) atoms. The first kappa shape index (κ1) is 16.1. The van der Waals surface area contributed by atoms with Crippen LogP contribution >= 0.6 is 0 Å². The van der Waals surface area contributed by atoms with Crippen molar-refractivity contribution < 1.29 is 5.11 Å². The van der Waals surface area contributed by atoms with E-state index in [-0.39, 0.29) is 6.61 Å². The van der Waals surface area contributed by atoms with Crippen molar-refractivity contribution in [3.05, 3.63) is 24.3 Å². The van der Waals surface area contributed by atoms with Crippen LogP contribution in [0.1, 0.15) is 19.8 Å². The Balaban J connectivity index is 1.82. The molecule has 1 fully saturated rings. The lowest BCUT2D eigenvalue weighted by Gasteiger charge is -2.29. The maximum absolute atomic E-state index is 9.07. The van der Waals surface area contributed by atoms with Crippen LogP contribution in [-0.4, -0.2) is 56.4 Å². The molecular weight excluding hydrogens is 262 g/mol. The first-order valence-corrected chi connectivity index (χ1v) is 8.11. The molecule has 2 rings (SSSR count). The number of rotatable bonds is 7. The highest BCUT2D eigenvalue weighted by atomic mass is 16.3. The topological polar surface area (TPSA) is 38.7 Å². The van der Waals surface area contributed by atoms with Gasteiger partial charge in [0.05, 0.1) is 6.61 Å². The standard InChI is InChI=1S/C17H29N3O/c1-3-20(12-13-21)17-6-4-16(5-7-17)18-14-15-8-10-19(2)11-9-15/h4-7,15,18,21H,3,8-14H2,1-2H3. The molecule has 1 aromatic carbocycles. The molecule has 0 aliphatic carbocycles. The molecule has 0 spiro atoms. The van der Waals surface area contributed by atoms with Gasteiger partial charge in [-0.25, -0.2) is 0 Å². The Labute approximate surface area is 128 Å². The summed E-state index contributed by atoms with van der Waals surface area (Å²) >= 11 is 0. The summed E-state index contributed by atoms with van der Waals surface area (Å²) in [6.45, 7) is 7.44. The molecule has 118 valence electrons. The van der Waals surface area contributed by atoms with E-state index in [1.165, 1.54) is 37.3 Å². The van der Waals surface area contributed by atoms with E-state index in [1.807, 2.05) is 0 Å². The van der Waals surface area contributed by atoms with E-state index in [0.29, 0.717) is 6.54 Å². The summed E-state index contributed by atoms with van der Waals surface area (Å²) in [6, 6.07) is 8.56. The third-order valence-corrected chi connectivity index (χ3v) is 4.42. The van der Waals surface area contributed by atoms with Crippen molar-refractivity contribution in [3.8, 4) is 0 Å². The molecule has 4 heteroatoms. The van der Waals surface area contributed by atoms with Gasteiger partial charge >= 0.3 is 0 Å². The van der Waals surface area contributed by atoms with E-state index in [2.05, 4.69) is 53.4 Å². The molecule has 1 aliphatic heterocycles. The van der Waals surface area contributed by atoms with E-state index in [1.54, 1.807) is 0 Å². The van der Waals surface area contributed by atoms with E-state index in [0.717, 1.165) is 19.0 Å². The predicted octanol–water partition coefficient (Wildman–Crippen LogP) is 2.26. The van der Waals surface area contributed by atoms with Crippen LogP contribution in [0.25, 0.3) is 0 Å². The number of hydrogen-bond acceptors (Lipinski definition) is 4. The Hall–Kier alpha value is -1.26. The highest BCUT2D eigenvalue weighted by molar-refractivity contribution is 5.55. The molecule has 0 amide bonds. The number of aliphatic hydroxyl groups is 1. The summed E-state index contributed by atoms with van der Waals surface area (Å²) in [5, 5.41) is 12.6. The smallest absolute Gasteiger partial charge is 0.0606 e. The summed E-state index contributed by atoms with van der Waals surface area (Å²) in [4.78, 5) is 4.59. The van der Waals surface area contributed by atoms with Gasteiger partial charge in [-0.05, 0) is 70.1 Å². The molecule has 4 nitrogen and oxygen atoms in total. The lowest BCUT2D eigenvalue weighted by molar-refractivity contribution is 0.226. The van der Waals surface area contributed by atoms with Gasteiger partial charge in [-0.2, -0.15) is 0 Å². The van der Waals surface area contributed by atoms with Crippen molar-refractivity contribution in [3.63, 3.8) is 0 Å². The average molecular weight is 291 g/mol. The minimum absolute atomic E-state index is 0.198. The molecule has 0 radical (unpaired) electrons. The summed E-state index contributed by atoms with van der Waals surface area (Å²) in [6.07, 6.45) is 2.59. The quantitative estimate of drug-likeness (QED) is 0.808. The number of anilines is 2. The molecule has 0 aromatic heterocycles. The molecular formula is C17H29N3O. The molecule has 1 saturated heterocycles. The normalized spacial score (nSPS) is 16.9. The monoisotopic (exact) mass is 291 g/mol. The zero-order valence-corrected chi connectivity index (χ0v) is 13.4. The Morgan fingerprint density at radius 1 is 1.24 bits per heavy atom. The first-order valence-electron chi connectivity index (χ1n) is 8.11. The van der Waals surface area contributed by atoms with Crippen LogP contribution in [0, 0.1) is 5.92 Å². The Bertz CT molecular complexity index is 399. The third-order valence-electron chi connectivity index (χ3n) is 4.42. The number of piperidine rings is 1. The van der Waals surface area contributed by atoms with E-state index in [9.17, 15) is 0 Å². The van der Waals surface area contributed by atoms with Crippen molar-refractivity contribution in [2.75, 3.05) is 56.6 Å². The zero-order chi connectivity index (χ0) is 15.1. The van der Waals surface area contributed by atoms with Crippen LogP contribution in [0.4, 0.5) is 11.4 Å². The number of likely N-dealkylation sites (N-methyl/N-ethyl adjacent to an activating group) is 1. The van der Waals surface area contributed by atoms with Crippen LogP contribution in [0.5, 0.6) is 0 Å². The number of nitrogens with one attached hydrogen (secondary N) is 1. The molecule has 1 heterocycles. The number of aliphatic hydroxyl groups excluding tert-OH is 1. The summed E-state index contributed by atoms with van der Waals surface area (Å²) in [5.74, 6) is 0.794. The third kappa shape index (κ3) is 4.90. The van der Waals surface area contributed by atoms with Crippen molar-refractivity contribution in [1.82, 2.24) is 4.90 Å². The van der Waals surface area contributed by atoms with Gasteiger partial charge in [0.2, 0.25) is 0 Å². The predicted molar refractivity (Wildman–Crippen MR) is 90.1 cm³/mol. The summed E-state index contributed by atoms with van der Waals surface area (Å²) in [7, 11) is 2.20. The minimum Gasteiger partial charge on any atom is -0.395 e. The number of hydrogen-bond donors (Lipinski definition) is 2. The van der Waals surface area contributed by atoms with Crippen LogP contribution in [0.3, 0.4) is 0 Å². The second-order valence-corrected chi connectivity index (χ2v) is 5.98. The maximum Gasteiger partial charge on any atom is 0.0606 e. The second kappa shape index (κ2) is 8.25. The van der Waals surface area contributed by atoms with Gasteiger partial charge < -0.3 is 20.2 Å². The molecule has 2 N–H and O–H groups in total. The second-order valence-electron chi connectivity index (χ2n) is 5.98. The van der Waals surface area contributed by atoms with Gasteiger partial charge in [0.1, 0.15) is 0 Å². The van der Waals surface area contributed by atoms with Crippen molar-refractivity contribution in [2.24, 2.45) is 5.92 Å². The SMILES string of the molecule is CCN(CCO)c1ccc(NCC2CCN(C)CC2)cc1. The lowest BCUT2D eigenvalue weighted by atomic mass is 9.97. The fourth-order valence-corrected chi connectivity index (χ4v) is 2.91. The Morgan fingerprint density at radius 3 is 2.48 bits per heavy atom. The fourth-order valence-electron chi connectivity index (χ4n) is 2.91. The number of nitrogens with zero attached hydrogens (tertiary/aromatic N) is 2. The molecule has 0 bridgehead atoms. The molecule has 0 atom stereocenters. The van der Waals surface area contributed by atoms with Gasteiger partial charge in [0.15, 0.2) is 0 Å². The van der Waals surface area contributed by atoms with E-state index >= 15 is 0 Å².